The number of fused-ring (bicyclic) bond motifs is 1. The first-order valence-electron chi connectivity index (χ1n) is 4.48. The number of rotatable bonds is 2. The summed E-state index contributed by atoms with van der Waals surface area (Å²) in [4.78, 5) is 21.2. The van der Waals surface area contributed by atoms with E-state index >= 15 is 0 Å². The highest BCUT2D eigenvalue weighted by Crippen LogP contribution is 2.30. The Kier molecular flexibility index (Phi) is 2.12. The summed E-state index contributed by atoms with van der Waals surface area (Å²) in [6.45, 7) is 0. The molecule has 1 aromatic heterocycles. The molecule has 1 aromatic carbocycles. The average molecular weight is 220 g/mol. The Morgan fingerprint density at radius 1 is 1.50 bits per heavy atom. The van der Waals surface area contributed by atoms with Crippen LogP contribution in [-0.4, -0.2) is 20.6 Å². The molecule has 0 bridgehead atoms. The summed E-state index contributed by atoms with van der Waals surface area (Å²) in [5, 5.41) is 19.9. The van der Waals surface area contributed by atoms with Gasteiger partial charge in [0.25, 0.3) is 5.69 Å². The lowest BCUT2D eigenvalue weighted by Gasteiger charge is -1.98. The molecule has 0 atom stereocenters. The number of hydrogen-bond donors (Lipinski definition) is 1. The predicted molar refractivity (Wildman–Crippen MR) is 56.5 cm³/mol. The van der Waals surface area contributed by atoms with Crippen LogP contribution in [0.5, 0.6) is 0 Å². The molecule has 0 saturated carbocycles. The number of carbonyl (C=O) groups is 1. The SMILES string of the molecule is Cn1cc([N+](=O)[O-])c2c(C(=O)O)cccc21. The Balaban J connectivity index is 2.93. The molecule has 2 rings (SSSR count). The lowest BCUT2D eigenvalue weighted by atomic mass is 10.1. The third kappa shape index (κ3) is 1.31. The summed E-state index contributed by atoms with van der Waals surface area (Å²) in [7, 11) is 1.64. The van der Waals surface area contributed by atoms with Gasteiger partial charge in [0.1, 0.15) is 0 Å². The van der Waals surface area contributed by atoms with E-state index in [0.29, 0.717) is 5.52 Å². The van der Waals surface area contributed by atoms with Crippen molar-refractivity contribution in [3.63, 3.8) is 0 Å². The molecule has 0 aliphatic carbocycles. The van der Waals surface area contributed by atoms with E-state index in [1.54, 1.807) is 23.7 Å². The largest absolute Gasteiger partial charge is 0.478 e. The Bertz CT molecular complexity index is 600. The van der Waals surface area contributed by atoms with Crippen molar-refractivity contribution < 1.29 is 14.8 Å². The van der Waals surface area contributed by atoms with Crippen molar-refractivity contribution in [2.24, 2.45) is 7.05 Å². The molecule has 6 heteroatoms. The second-order valence-corrected chi connectivity index (χ2v) is 3.39. The first kappa shape index (κ1) is 10.2. The van der Waals surface area contributed by atoms with Crippen LogP contribution in [0.4, 0.5) is 5.69 Å². The number of aromatic nitrogens is 1. The van der Waals surface area contributed by atoms with E-state index in [-0.39, 0.29) is 16.6 Å². The maximum absolute atomic E-state index is 11.0. The van der Waals surface area contributed by atoms with E-state index in [1.165, 1.54) is 12.3 Å². The lowest BCUT2D eigenvalue weighted by molar-refractivity contribution is -0.383. The fraction of sp³-hybridized carbons (Fsp3) is 0.100. The van der Waals surface area contributed by atoms with Crippen LogP contribution >= 0.6 is 0 Å². The van der Waals surface area contributed by atoms with Crippen molar-refractivity contribution in [2.45, 2.75) is 0 Å². The van der Waals surface area contributed by atoms with Crippen LogP contribution in [-0.2, 0) is 7.05 Å². The van der Waals surface area contributed by atoms with Crippen LogP contribution in [0, 0.1) is 10.1 Å². The highest BCUT2D eigenvalue weighted by Gasteiger charge is 2.21. The van der Waals surface area contributed by atoms with Gasteiger partial charge in [-0.3, -0.25) is 10.1 Å². The van der Waals surface area contributed by atoms with E-state index in [4.69, 9.17) is 5.11 Å². The van der Waals surface area contributed by atoms with Gasteiger partial charge < -0.3 is 9.67 Å². The van der Waals surface area contributed by atoms with E-state index in [1.807, 2.05) is 0 Å². The topological polar surface area (TPSA) is 85.4 Å². The molecular formula is C10H8N2O4. The number of benzene rings is 1. The first-order valence-corrected chi connectivity index (χ1v) is 4.48. The molecule has 1 N–H and O–H groups in total. The Hall–Kier alpha value is -2.37. The van der Waals surface area contributed by atoms with E-state index in [9.17, 15) is 14.9 Å². The van der Waals surface area contributed by atoms with Crippen molar-refractivity contribution in [3.05, 3.63) is 40.1 Å². The van der Waals surface area contributed by atoms with E-state index in [0.717, 1.165) is 0 Å². The molecule has 0 aliphatic rings. The number of hydrogen-bond acceptors (Lipinski definition) is 3. The third-order valence-electron chi connectivity index (χ3n) is 2.42. The predicted octanol–water partition coefficient (Wildman–Crippen LogP) is 1.78. The first-order chi connectivity index (χ1) is 7.52. The molecule has 1 heterocycles. The maximum atomic E-state index is 11.0. The summed E-state index contributed by atoms with van der Waals surface area (Å²) in [6.07, 6.45) is 1.32. The molecule has 16 heavy (non-hydrogen) atoms. The molecule has 0 aliphatic heterocycles. The molecule has 0 amide bonds. The van der Waals surface area contributed by atoms with Gasteiger partial charge in [-0.25, -0.2) is 4.79 Å². The molecule has 6 nitrogen and oxygen atoms in total. The van der Waals surface area contributed by atoms with Gasteiger partial charge >= 0.3 is 5.97 Å². The van der Waals surface area contributed by atoms with Gasteiger partial charge in [0, 0.05) is 7.05 Å². The smallest absolute Gasteiger partial charge is 0.336 e. The number of carboxylic acid groups (broad SMARTS) is 1. The molecule has 0 radical (unpaired) electrons. The van der Waals surface area contributed by atoms with Gasteiger partial charge in [-0.1, -0.05) is 6.07 Å². The zero-order valence-electron chi connectivity index (χ0n) is 8.38. The van der Waals surface area contributed by atoms with Crippen LogP contribution in [0.15, 0.2) is 24.4 Å². The van der Waals surface area contributed by atoms with Gasteiger partial charge in [-0.05, 0) is 12.1 Å². The second kappa shape index (κ2) is 3.34. The average Bonchev–Trinajstić information content (AvgIpc) is 2.56. The highest BCUT2D eigenvalue weighted by molar-refractivity contribution is 6.07. The summed E-state index contributed by atoms with van der Waals surface area (Å²) in [5.74, 6) is -1.17. The van der Waals surface area contributed by atoms with Crippen LogP contribution in [0.25, 0.3) is 10.9 Å². The fourth-order valence-corrected chi connectivity index (χ4v) is 1.74. The zero-order chi connectivity index (χ0) is 11.9. The van der Waals surface area contributed by atoms with E-state index in [2.05, 4.69) is 0 Å². The molecule has 0 fully saturated rings. The van der Waals surface area contributed by atoms with Gasteiger partial charge in [-0.2, -0.15) is 0 Å². The lowest BCUT2D eigenvalue weighted by Crippen LogP contribution is -1.98. The minimum Gasteiger partial charge on any atom is -0.478 e. The molecular weight excluding hydrogens is 212 g/mol. The molecule has 0 unspecified atom stereocenters. The summed E-state index contributed by atoms with van der Waals surface area (Å²) in [6, 6.07) is 4.57. The van der Waals surface area contributed by atoms with Crippen LogP contribution in [0.2, 0.25) is 0 Å². The molecule has 82 valence electrons. The maximum Gasteiger partial charge on any atom is 0.336 e. The van der Waals surface area contributed by atoms with Gasteiger partial charge in [0.2, 0.25) is 0 Å². The fourth-order valence-electron chi connectivity index (χ4n) is 1.74. The minimum atomic E-state index is -1.17. The number of carboxylic acids is 1. The van der Waals surface area contributed by atoms with Crippen molar-refractivity contribution in [1.29, 1.82) is 0 Å². The Morgan fingerprint density at radius 3 is 2.75 bits per heavy atom. The molecule has 0 spiro atoms. The summed E-state index contributed by atoms with van der Waals surface area (Å²) in [5.41, 5.74) is 0.298. The highest BCUT2D eigenvalue weighted by atomic mass is 16.6. The van der Waals surface area contributed by atoms with E-state index < -0.39 is 10.9 Å². The number of aromatic carboxylic acids is 1. The van der Waals surface area contributed by atoms with Crippen molar-refractivity contribution in [2.75, 3.05) is 0 Å². The van der Waals surface area contributed by atoms with Crippen LogP contribution in [0.1, 0.15) is 10.4 Å². The third-order valence-corrected chi connectivity index (χ3v) is 2.42. The molecule has 0 saturated heterocycles. The van der Waals surface area contributed by atoms with Gasteiger partial charge in [-0.15, -0.1) is 0 Å². The summed E-state index contributed by atoms with van der Waals surface area (Å²) >= 11 is 0. The van der Waals surface area contributed by atoms with Crippen molar-refractivity contribution >= 4 is 22.6 Å². The standard InChI is InChI=1S/C10H8N2O4/c1-11-5-8(12(15)16)9-6(10(13)14)3-2-4-7(9)11/h2-5H,1H3,(H,13,14). The Labute approximate surface area is 89.9 Å². The van der Waals surface area contributed by atoms with Crippen molar-refractivity contribution in [3.8, 4) is 0 Å². The molecule has 2 aromatic rings. The van der Waals surface area contributed by atoms with Crippen molar-refractivity contribution in [1.82, 2.24) is 4.57 Å². The number of aryl methyl sites for hydroxylation is 1. The number of nitrogens with zero attached hydrogens (tertiary/aromatic N) is 2. The monoisotopic (exact) mass is 220 g/mol. The quantitative estimate of drug-likeness (QED) is 0.617. The second-order valence-electron chi connectivity index (χ2n) is 3.39. The number of nitro groups is 1. The Morgan fingerprint density at radius 2 is 2.19 bits per heavy atom. The van der Waals surface area contributed by atoms with Crippen LogP contribution < -0.4 is 0 Å². The van der Waals surface area contributed by atoms with Gasteiger partial charge in [0.15, 0.2) is 0 Å². The van der Waals surface area contributed by atoms with Crippen LogP contribution in [0.3, 0.4) is 0 Å². The van der Waals surface area contributed by atoms with Gasteiger partial charge in [0.05, 0.1) is 27.6 Å². The summed E-state index contributed by atoms with van der Waals surface area (Å²) < 4.78 is 1.54. The zero-order valence-corrected chi connectivity index (χ0v) is 8.38. The minimum absolute atomic E-state index is 0.0511. The normalized spacial score (nSPS) is 10.6.